The third-order valence-electron chi connectivity index (χ3n) is 5.84. The van der Waals surface area contributed by atoms with Crippen LogP contribution >= 0.6 is 0 Å². The van der Waals surface area contributed by atoms with Gasteiger partial charge < -0.3 is 9.47 Å². The summed E-state index contributed by atoms with van der Waals surface area (Å²) < 4.78 is 33.1. The smallest absolute Gasteiger partial charge is 0.278 e. The van der Waals surface area contributed by atoms with E-state index in [9.17, 15) is 9.59 Å². The molecule has 4 heterocycles. The van der Waals surface area contributed by atoms with Gasteiger partial charge in [-0.1, -0.05) is 0 Å². The monoisotopic (exact) mass is 441 g/mol. The Balaban J connectivity index is 1.58. The second-order valence-corrected chi connectivity index (χ2v) is 8.06. The van der Waals surface area contributed by atoms with Gasteiger partial charge >= 0.3 is 0 Å². The highest BCUT2D eigenvalue weighted by molar-refractivity contribution is 6.42. The quantitative estimate of drug-likeness (QED) is 0.454. The molecule has 0 atom stereocenters. The van der Waals surface area contributed by atoms with Crippen LogP contribution in [0.5, 0.6) is 0 Å². The van der Waals surface area contributed by atoms with Crippen molar-refractivity contribution in [1.82, 2.24) is 24.2 Å². The summed E-state index contributed by atoms with van der Waals surface area (Å²) in [6.07, 6.45) is 4.55. The third-order valence-corrected chi connectivity index (χ3v) is 5.84. The Bertz CT molecular complexity index is 1510. The maximum atomic E-state index is 15.2. The SMILES string of the molecule is [B]C1([B])c2ncccc2C(=O)N1Cc1c(F)cc(-c2cn(C)c(=O)c3nn(C)cc23)cc1F. The second kappa shape index (κ2) is 7.13. The zero-order valence-corrected chi connectivity index (χ0v) is 17.7. The summed E-state index contributed by atoms with van der Waals surface area (Å²) in [4.78, 5) is 30.2. The first-order valence-corrected chi connectivity index (χ1v) is 9.96. The van der Waals surface area contributed by atoms with Crippen LogP contribution in [0, 0.1) is 11.6 Å². The number of fused-ring (bicyclic) bond motifs is 2. The fraction of sp³-hybridized carbons (Fsp3) is 0.182. The highest BCUT2D eigenvalue weighted by atomic mass is 19.1. The number of nitrogens with zero attached hydrogens (tertiary/aromatic N) is 5. The van der Waals surface area contributed by atoms with Gasteiger partial charge in [0.1, 0.15) is 11.6 Å². The molecule has 0 aliphatic carbocycles. The number of amides is 1. The average molecular weight is 441 g/mol. The Morgan fingerprint density at radius 1 is 1.06 bits per heavy atom. The summed E-state index contributed by atoms with van der Waals surface area (Å²) in [5, 5.41) is 2.80. The molecule has 1 aromatic carbocycles. The van der Waals surface area contributed by atoms with Gasteiger partial charge in [-0.05, 0) is 29.8 Å². The molecule has 4 radical (unpaired) electrons. The normalized spacial score (nSPS) is 14.8. The number of pyridine rings is 2. The van der Waals surface area contributed by atoms with Crippen molar-refractivity contribution >= 4 is 32.5 Å². The number of aryl methyl sites for hydroxylation is 2. The number of carbonyl (C=O) groups excluding carboxylic acids is 1. The first kappa shape index (κ1) is 21.1. The van der Waals surface area contributed by atoms with Crippen LogP contribution in [0.3, 0.4) is 0 Å². The molecule has 0 bridgehead atoms. The van der Waals surface area contributed by atoms with Gasteiger partial charge in [-0.3, -0.25) is 19.3 Å². The molecule has 0 fully saturated rings. The largest absolute Gasteiger partial charge is 0.340 e. The molecular weight excluding hydrogens is 426 g/mol. The van der Waals surface area contributed by atoms with E-state index in [2.05, 4.69) is 10.1 Å². The van der Waals surface area contributed by atoms with Crippen LogP contribution in [0.4, 0.5) is 8.78 Å². The number of aromatic nitrogens is 4. The molecule has 160 valence electrons. The molecular formula is C22H15B2F2N5O2. The van der Waals surface area contributed by atoms with E-state index in [1.54, 1.807) is 19.3 Å². The summed E-state index contributed by atoms with van der Waals surface area (Å²) in [5.41, 5.74) is 0.464. The first-order chi connectivity index (χ1) is 15.6. The summed E-state index contributed by atoms with van der Waals surface area (Å²) in [5.74, 6) is -2.34. The van der Waals surface area contributed by atoms with Gasteiger partial charge in [0.2, 0.25) is 0 Å². The topological polar surface area (TPSA) is 73.0 Å². The molecule has 3 aromatic heterocycles. The highest BCUT2D eigenvalue weighted by Crippen LogP contribution is 2.36. The lowest BCUT2D eigenvalue weighted by atomic mass is 9.59. The number of carbonyl (C=O) groups is 1. The molecule has 0 spiro atoms. The zero-order valence-electron chi connectivity index (χ0n) is 17.7. The van der Waals surface area contributed by atoms with Gasteiger partial charge in [0.15, 0.2) is 5.52 Å². The minimum Gasteiger partial charge on any atom is -0.340 e. The van der Waals surface area contributed by atoms with E-state index in [-0.39, 0.29) is 33.5 Å². The van der Waals surface area contributed by atoms with Gasteiger partial charge in [-0.25, -0.2) is 8.78 Å². The molecule has 33 heavy (non-hydrogen) atoms. The summed E-state index contributed by atoms with van der Waals surface area (Å²) >= 11 is 0. The van der Waals surface area contributed by atoms with Crippen LogP contribution in [0.1, 0.15) is 21.6 Å². The number of hydrogen-bond acceptors (Lipinski definition) is 4. The Morgan fingerprint density at radius 3 is 2.42 bits per heavy atom. The molecule has 11 heteroatoms. The van der Waals surface area contributed by atoms with E-state index in [0.717, 1.165) is 17.0 Å². The van der Waals surface area contributed by atoms with Crippen molar-refractivity contribution < 1.29 is 13.6 Å². The fourth-order valence-electron chi connectivity index (χ4n) is 4.17. The zero-order chi connectivity index (χ0) is 23.7. The molecule has 4 aromatic rings. The van der Waals surface area contributed by atoms with Crippen LogP contribution in [0.15, 0.2) is 47.7 Å². The van der Waals surface area contributed by atoms with Crippen molar-refractivity contribution in [3.8, 4) is 11.1 Å². The predicted molar refractivity (Wildman–Crippen MR) is 119 cm³/mol. The molecule has 0 saturated carbocycles. The van der Waals surface area contributed by atoms with Crippen molar-refractivity contribution in [3.63, 3.8) is 0 Å². The average Bonchev–Trinajstić information content (AvgIpc) is 3.24. The van der Waals surface area contributed by atoms with Gasteiger partial charge in [-0.2, -0.15) is 5.10 Å². The maximum Gasteiger partial charge on any atom is 0.278 e. The molecule has 0 unspecified atom stereocenters. The molecule has 1 aliphatic heterocycles. The van der Waals surface area contributed by atoms with E-state index in [1.165, 1.54) is 34.8 Å². The van der Waals surface area contributed by atoms with Gasteiger partial charge in [0, 0.05) is 54.5 Å². The Kier molecular flexibility index (Phi) is 4.56. The Labute approximate surface area is 189 Å². The molecule has 5 rings (SSSR count). The Morgan fingerprint density at radius 2 is 1.76 bits per heavy atom. The van der Waals surface area contributed by atoms with Gasteiger partial charge in [0.05, 0.1) is 33.5 Å². The van der Waals surface area contributed by atoms with Gasteiger partial charge in [0.25, 0.3) is 11.5 Å². The standard InChI is InChI=1S/C22H15B2F2N5O2/c1-29-8-13(14-9-30(2)28-18(14)21(29)33)11-6-16(25)15(17(26)7-11)10-31-20(32)12-4-3-5-27-19(12)22(31,23)24/h3-9H,10H2,1-2H3. The van der Waals surface area contributed by atoms with E-state index >= 15 is 8.78 Å². The number of halogens is 2. The molecule has 0 saturated heterocycles. The molecule has 1 aliphatic rings. The molecule has 0 N–H and O–H groups in total. The maximum absolute atomic E-state index is 15.2. The third kappa shape index (κ3) is 3.10. The fourth-order valence-corrected chi connectivity index (χ4v) is 4.17. The van der Waals surface area contributed by atoms with E-state index in [1.807, 2.05) is 0 Å². The van der Waals surface area contributed by atoms with E-state index < -0.39 is 29.4 Å². The lowest BCUT2D eigenvalue weighted by Crippen LogP contribution is -2.45. The Hall–Kier alpha value is -3.75. The van der Waals surface area contributed by atoms with Crippen molar-refractivity contribution in [3.05, 3.63) is 81.7 Å². The van der Waals surface area contributed by atoms with E-state index in [0.29, 0.717) is 10.9 Å². The van der Waals surface area contributed by atoms with E-state index in [4.69, 9.17) is 15.7 Å². The van der Waals surface area contributed by atoms with Crippen molar-refractivity contribution in [1.29, 1.82) is 0 Å². The van der Waals surface area contributed by atoms with Crippen LogP contribution in [0.2, 0.25) is 0 Å². The minimum atomic E-state index is -1.81. The molecule has 1 amide bonds. The van der Waals surface area contributed by atoms with Crippen LogP contribution in [0.25, 0.3) is 22.0 Å². The van der Waals surface area contributed by atoms with Gasteiger partial charge in [-0.15, -0.1) is 0 Å². The second-order valence-electron chi connectivity index (χ2n) is 8.06. The summed E-state index contributed by atoms with van der Waals surface area (Å²) in [7, 11) is 15.4. The minimum absolute atomic E-state index is 0.136. The molecule has 7 nitrogen and oxygen atoms in total. The van der Waals surface area contributed by atoms with Crippen LogP contribution in [-0.4, -0.2) is 45.8 Å². The lowest BCUT2D eigenvalue weighted by molar-refractivity contribution is 0.0727. The number of hydrogen-bond donors (Lipinski definition) is 0. The number of benzene rings is 1. The van der Waals surface area contributed by atoms with Crippen molar-refractivity contribution in [2.24, 2.45) is 14.1 Å². The highest BCUT2D eigenvalue weighted by Gasteiger charge is 2.43. The van der Waals surface area contributed by atoms with Crippen LogP contribution in [-0.2, 0) is 26.0 Å². The van der Waals surface area contributed by atoms with Crippen LogP contribution < -0.4 is 5.56 Å². The summed E-state index contributed by atoms with van der Waals surface area (Å²) in [6, 6.07) is 5.35. The van der Waals surface area contributed by atoms with Crippen molar-refractivity contribution in [2.75, 3.05) is 0 Å². The summed E-state index contributed by atoms with van der Waals surface area (Å²) in [6.45, 7) is -0.490. The predicted octanol–water partition coefficient (Wildman–Crippen LogP) is 1.72. The first-order valence-electron chi connectivity index (χ1n) is 9.96. The lowest BCUT2D eigenvalue weighted by Gasteiger charge is -2.33. The number of rotatable bonds is 3. The van der Waals surface area contributed by atoms with Crippen molar-refractivity contribution in [2.45, 2.75) is 11.9 Å².